The lowest BCUT2D eigenvalue weighted by molar-refractivity contribution is 0.103. The molecule has 2 aromatic carbocycles. The molecule has 0 radical (unpaired) electrons. The number of rotatable bonds is 2. The van der Waals surface area contributed by atoms with Gasteiger partial charge in [0, 0.05) is 11.1 Å². The largest absolute Gasteiger partial charge is 0.289 e. The van der Waals surface area contributed by atoms with Crippen molar-refractivity contribution in [3.05, 3.63) is 71.8 Å². The van der Waals surface area contributed by atoms with E-state index in [4.69, 9.17) is 1.37 Å². The van der Waals surface area contributed by atoms with E-state index in [0.717, 1.165) is 0 Å². The Hall–Kier alpha value is -1.89. The molecule has 0 fully saturated rings. The van der Waals surface area contributed by atoms with Gasteiger partial charge in [0.2, 0.25) is 0 Å². The summed E-state index contributed by atoms with van der Waals surface area (Å²) in [5, 5.41) is 0. The molecule has 0 bridgehead atoms. The molecule has 0 spiro atoms. The van der Waals surface area contributed by atoms with Gasteiger partial charge in [-0.25, -0.2) is 0 Å². The lowest BCUT2D eigenvalue weighted by Crippen LogP contribution is -1.99. The van der Waals surface area contributed by atoms with Gasteiger partial charge in [0.1, 0.15) is 0 Å². The van der Waals surface area contributed by atoms with E-state index in [1.165, 1.54) is 0 Å². The zero-order chi connectivity index (χ0) is 10.7. The van der Waals surface area contributed by atoms with E-state index in [1.54, 1.807) is 36.4 Å². The van der Waals surface area contributed by atoms with Crippen LogP contribution >= 0.6 is 0 Å². The van der Waals surface area contributed by atoms with Crippen LogP contribution in [-0.4, -0.2) is 5.78 Å². The van der Waals surface area contributed by atoms with Gasteiger partial charge in [-0.05, 0) is 0 Å². The second-order valence-corrected chi connectivity index (χ2v) is 2.97. The van der Waals surface area contributed by atoms with Crippen molar-refractivity contribution in [3.8, 4) is 0 Å². The van der Waals surface area contributed by atoms with Gasteiger partial charge in [-0.1, -0.05) is 60.6 Å². The Morgan fingerprint density at radius 3 is 2.07 bits per heavy atom. The fourth-order valence-electron chi connectivity index (χ4n) is 1.28. The van der Waals surface area contributed by atoms with Crippen molar-refractivity contribution in [2.24, 2.45) is 0 Å². The Balaban J connectivity index is 2.42. The first-order chi connectivity index (χ1) is 7.29. The molecule has 14 heavy (non-hydrogen) atoms. The summed E-state index contributed by atoms with van der Waals surface area (Å²) in [6.07, 6.45) is 0. The highest BCUT2D eigenvalue weighted by atomic mass is 16.1. The van der Waals surface area contributed by atoms with E-state index in [0.29, 0.717) is 11.1 Å². The standard InChI is InChI=1S/C13H10O/c14-13(11-7-3-1-4-8-11)12-9-5-2-6-10-12/h1-10H/i7T. The third kappa shape index (κ3) is 1.72. The SMILES string of the molecule is [3H]c1ccccc1C(=O)c1ccccc1. The molecule has 0 aromatic heterocycles. The summed E-state index contributed by atoms with van der Waals surface area (Å²) in [6.45, 7) is 0. The minimum Gasteiger partial charge on any atom is -0.289 e. The molecule has 1 heteroatoms. The highest BCUT2D eigenvalue weighted by molar-refractivity contribution is 6.08. The monoisotopic (exact) mass is 184 g/mol. The van der Waals surface area contributed by atoms with Crippen LogP contribution in [0.3, 0.4) is 0 Å². The summed E-state index contributed by atoms with van der Waals surface area (Å²) < 4.78 is 7.63. The number of carbonyl (C=O) groups is 1. The van der Waals surface area contributed by atoms with E-state index >= 15 is 0 Å². The second kappa shape index (κ2) is 3.88. The number of hydrogen-bond acceptors (Lipinski definition) is 1. The zero-order valence-electron chi connectivity index (χ0n) is 8.60. The summed E-state index contributed by atoms with van der Waals surface area (Å²) in [7, 11) is 0. The molecule has 0 saturated carbocycles. The van der Waals surface area contributed by atoms with Crippen molar-refractivity contribution in [2.45, 2.75) is 0 Å². The predicted molar refractivity (Wildman–Crippen MR) is 56.3 cm³/mol. The van der Waals surface area contributed by atoms with Crippen molar-refractivity contribution < 1.29 is 6.17 Å². The molecular formula is C13H10O. The van der Waals surface area contributed by atoms with Crippen LogP contribution in [0.4, 0.5) is 0 Å². The fourth-order valence-corrected chi connectivity index (χ4v) is 1.28. The molecule has 0 saturated heterocycles. The highest BCUT2D eigenvalue weighted by Crippen LogP contribution is 2.08. The van der Waals surface area contributed by atoms with E-state index in [-0.39, 0.29) is 11.8 Å². The quantitative estimate of drug-likeness (QED) is 0.656. The van der Waals surface area contributed by atoms with E-state index < -0.39 is 0 Å². The number of benzene rings is 2. The molecule has 0 aliphatic rings. The molecule has 68 valence electrons. The minimum absolute atomic E-state index is 0.0961. The first kappa shape index (κ1) is 7.51. The molecule has 0 amide bonds. The van der Waals surface area contributed by atoms with Gasteiger partial charge in [0.05, 0.1) is 1.37 Å². The van der Waals surface area contributed by atoms with Gasteiger partial charge < -0.3 is 0 Å². The Kier molecular flexibility index (Phi) is 2.08. The summed E-state index contributed by atoms with van der Waals surface area (Å²) in [4.78, 5) is 11.9. The number of hydrogen-bond donors (Lipinski definition) is 0. The maximum atomic E-state index is 11.9. The summed E-state index contributed by atoms with van der Waals surface area (Å²) in [6, 6.07) is 16.1. The molecule has 2 rings (SSSR count). The van der Waals surface area contributed by atoms with Crippen molar-refractivity contribution in [3.63, 3.8) is 0 Å². The Morgan fingerprint density at radius 2 is 1.43 bits per heavy atom. The van der Waals surface area contributed by atoms with Crippen LogP contribution < -0.4 is 0 Å². The third-order valence-electron chi connectivity index (χ3n) is 1.99. The number of carbonyl (C=O) groups excluding carboxylic acids is 1. The van der Waals surface area contributed by atoms with E-state index in [9.17, 15) is 4.79 Å². The molecule has 0 unspecified atom stereocenters. The normalized spacial score (nSPS) is 10.7. The predicted octanol–water partition coefficient (Wildman–Crippen LogP) is 2.92. The van der Waals surface area contributed by atoms with Crippen LogP contribution in [0, 0.1) is 0 Å². The molecule has 2 aromatic rings. The lowest BCUT2D eigenvalue weighted by Gasteiger charge is -1.99. The molecule has 0 heterocycles. The third-order valence-corrected chi connectivity index (χ3v) is 1.99. The van der Waals surface area contributed by atoms with Crippen LogP contribution in [0.2, 0.25) is 0 Å². The average Bonchev–Trinajstić information content (AvgIpc) is 2.30. The Morgan fingerprint density at radius 1 is 0.857 bits per heavy atom. The molecule has 0 aliphatic heterocycles. The zero-order valence-corrected chi connectivity index (χ0v) is 7.60. The van der Waals surface area contributed by atoms with Crippen molar-refractivity contribution >= 4 is 5.78 Å². The van der Waals surface area contributed by atoms with Gasteiger partial charge in [0.15, 0.2) is 5.78 Å². The average molecular weight is 184 g/mol. The van der Waals surface area contributed by atoms with Crippen molar-refractivity contribution in [1.29, 1.82) is 0 Å². The Labute approximate surface area is 84.4 Å². The molecule has 0 aliphatic carbocycles. The van der Waals surface area contributed by atoms with Crippen molar-refractivity contribution in [1.82, 2.24) is 0 Å². The van der Waals surface area contributed by atoms with E-state index in [1.807, 2.05) is 18.2 Å². The van der Waals surface area contributed by atoms with E-state index in [2.05, 4.69) is 0 Å². The van der Waals surface area contributed by atoms with Gasteiger partial charge in [0.25, 0.3) is 0 Å². The molecule has 0 N–H and O–H groups in total. The topological polar surface area (TPSA) is 17.1 Å². The van der Waals surface area contributed by atoms with Crippen LogP contribution in [0.5, 0.6) is 0 Å². The Bertz CT molecular complexity index is 477. The summed E-state index contributed by atoms with van der Waals surface area (Å²) in [5.74, 6) is -0.0961. The van der Waals surface area contributed by atoms with Gasteiger partial charge in [-0.15, -0.1) is 0 Å². The van der Waals surface area contributed by atoms with Crippen LogP contribution in [0.1, 0.15) is 17.3 Å². The van der Waals surface area contributed by atoms with Crippen LogP contribution in [-0.2, 0) is 0 Å². The van der Waals surface area contributed by atoms with Crippen LogP contribution in [0.25, 0.3) is 0 Å². The van der Waals surface area contributed by atoms with Gasteiger partial charge >= 0.3 is 0 Å². The molecule has 0 atom stereocenters. The fraction of sp³-hybridized carbons (Fsp3) is 0. The minimum atomic E-state index is -0.0961. The second-order valence-electron chi connectivity index (χ2n) is 2.97. The van der Waals surface area contributed by atoms with Gasteiger partial charge in [-0.3, -0.25) is 4.79 Å². The first-order valence-electron chi connectivity index (χ1n) is 4.94. The summed E-state index contributed by atoms with van der Waals surface area (Å²) in [5.41, 5.74) is 1.07. The molecule has 1 nitrogen and oxygen atoms in total. The maximum Gasteiger partial charge on any atom is 0.193 e. The molecular weight excluding hydrogens is 172 g/mol. The summed E-state index contributed by atoms with van der Waals surface area (Å²) >= 11 is 0. The smallest absolute Gasteiger partial charge is 0.193 e. The highest BCUT2D eigenvalue weighted by Gasteiger charge is 2.06. The van der Waals surface area contributed by atoms with Crippen molar-refractivity contribution in [2.75, 3.05) is 0 Å². The van der Waals surface area contributed by atoms with Gasteiger partial charge in [-0.2, -0.15) is 0 Å². The first-order valence-corrected chi connectivity index (χ1v) is 4.44. The maximum absolute atomic E-state index is 11.9. The lowest BCUT2D eigenvalue weighted by atomic mass is 10.0. The van der Waals surface area contributed by atoms with Crippen LogP contribution in [0.15, 0.2) is 60.6 Å². The number of ketones is 1.